The highest BCUT2D eigenvalue weighted by Gasteiger charge is 2.23. The van der Waals surface area contributed by atoms with Crippen LogP contribution in [-0.4, -0.2) is 31.2 Å². The van der Waals surface area contributed by atoms with Gasteiger partial charge in [-0.05, 0) is 43.5 Å². The molecule has 5 nitrogen and oxygen atoms in total. The zero-order valence-corrected chi connectivity index (χ0v) is 14.0. The number of hydrogen-bond acceptors (Lipinski definition) is 4. The normalized spacial score (nSPS) is 16.0. The van der Waals surface area contributed by atoms with Crippen LogP contribution in [0.3, 0.4) is 0 Å². The van der Waals surface area contributed by atoms with E-state index in [0.29, 0.717) is 24.6 Å². The van der Waals surface area contributed by atoms with Crippen molar-refractivity contribution in [1.82, 2.24) is 10.3 Å². The third kappa shape index (κ3) is 3.50. The molecule has 1 aromatic heterocycles. The Morgan fingerprint density at radius 3 is 3.08 bits per heavy atom. The molecule has 3 rings (SSSR count). The second kappa shape index (κ2) is 7.34. The molecule has 0 spiro atoms. The molecule has 0 aliphatic carbocycles. The lowest BCUT2D eigenvalue weighted by Gasteiger charge is -2.26. The van der Waals surface area contributed by atoms with Crippen molar-refractivity contribution >= 4 is 5.91 Å². The predicted molar refractivity (Wildman–Crippen MR) is 91.6 cm³/mol. The third-order valence-corrected chi connectivity index (χ3v) is 4.17. The molecule has 1 aromatic carbocycles. The van der Waals surface area contributed by atoms with E-state index in [1.807, 2.05) is 25.1 Å². The van der Waals surface area contributed by atoms with E-state index >= 15 is 0 Å². The lowest BCUT2D eigenvalue weighted by atomic mass is 9.92. The molecule has 1 aliphatic heterocycles. The van der Waals surface area contributed by atoms with Crippen molar-refractivity contribution in [3.63, 3.8) is 0 Å². The van der Waals surface area contributed by atoms with Crippen LogP contribution in [0.1, 0.15) is 28.5 Å². The van der Waals surface area contributed by atoms with Crippen LogP contribution in [0.4, 0.5) is 0 Å². The highest BCUT2D eigenvalue weighted by atomic mass is 16.5. The molecule has 0 fully saturated rings. The summed E-state index contributed by atoms with van der Waals surface area (Å²) in [6.45, 7) is 3.15. The Hall–Kier alpha value is -2.56. The standard InChI is InChI=1S/C19H22N2O3/c1-3-20-19(22)15-7-8-21-16(11-15)10-13-9-14-5-4-6-17(23-2)18(14)24-12-13/h4-8,11,13H,3,9-10,12H2,1-2H3,(H,20,22). The van der Waals surface area contributed by atoms with Crippen LogP contribution < -0.4 is 14.8 Å². The molecular formula is C19H22N2O3. The van der Waals surface area contributed by atoms with Gasteiger partial charge in [-0.1, -0.05) is 12.1 Å². The van der Waals surface area contributed by atoms with Crippen LogP contribution in [0.5, 0.6) is 11.5 Å². The maximum atomic E-state index is 11.9. The minimum absolute atomic E-state index is 0.0591. The van der Waals surface area contributed by atoms with Crippen LogP contribution >= 0.6 is 0 Å². The van der Waals surface area contributed by atoms with Crippen LogP contribution in [0, 0.1) is 5.92 Å². The number of carbonyl (C=O) groups is 1. The van der Waals surface area contributed by atoms with Gasteiger partial charge >= 0.3 is 0 Å². The molecule has 0 bridgehead atoms. The van der Waals surface area contributed by atoms with Gasteiger partial charge in [-0.25, -0.2) is 0 Å². The van der Waals surface area contributed by atoms with E-state index in [1.54, 1.807) is 19.4 Å². The van der Waals surface area contributed by atoms with Crippen molar-refractivity contribution in [1.29, 1.82) is 0 Å². The van der Waals surface area contributed by atoms with Crippen LogP contribution in [0.15, 0.2) is 36.5 Å². The number of benzene rings is 1. The third-order valence-electron chi connectivity index (χ3n) is 4.17. The number of amides is 1. The Bertz CT molecular complexity index is 730. The lowest BCUT2D eigenvalue weighted by Crippen LogP contribution is -2.25. The molecule has 1 unspecified atom stereocenters. The van der Waals surface area contributed by atoms with E-state index in [9.17, 15) is 4.79 Å². The smallest absolute Gasteiger partial charge is 0.251 e. The highest BCUT2D eigenvalue weighted by Crippen LogP contribution is 2.36. The number of fused-ring (bicyclic) bond motifs is 1. The van der Waals surface area contributed by atoms with E-state index in [-0.39, 0.29) is 5.91 Å². The summed E-state index contributed by atoms with van der Waals surface area (Å²) in [4.78, 5) is 16.4. The van der Waals surface area contributed by atoms with Crippen LogP contribution in [0.2, 0.25) is 0 Å². The summed E-state index contributed by atoms with van der Waals surface area (Å²) >= 11 is 0. The van der Waals surface area contributed by atoms with E-state index in [1.165, 1.54) is 0 Å². The van der Waals surface area contributed by atoms with Gasteiger partial charge in [0, 0.05) is 29.9 Å². The zero-order chi connectivity index (χ0) is 16.9. The molecule has 126 valence electrons. The van der Waals surface area contributed by atoms with E-state index < -0.39 is 0 Å². The quantitative estimate of drug-likeness (QED) is 0.917. The first kappa shape index (κ1) is 16.3. The predicted octanol–water partition coefficient (Wildman–Crippen LogP) is 2.63. The van der Waals surface area contributed by atoms with Gasteiger partial charge in [0.25, 0.3) is 5.91 Å². The number of methoxy groups -OCH3 is 1. The topological polar surface area (TPSA) is 60.5 Å². The summed E-state index contributed by atoms with van der Waals surface area (Å²) in [5, 5.41) is 2.81. The Kier molecular flexibility index (Phi) is 4.99. The molecule has 1 N–H and O–H groups in total. The largest absolute Gasteiger partial charge is 0.493 e. The lowest BCUT2D eigenvalue weighted by molar-refractivity contribution is 0.0955. The van der Waals surface area contributed by atoms with Crippen molar-refractivity contribution in [3.05, 3.63) is 53.3 Å². The van der Waals surface area contributed by atoms with Crippen LogP contribution in [0.25, 0.3) is 0 Å². The summed E-state index contributed by atoms with van der Waals surface area (Å²) in [6, 6.07) is 9.58. The fraction of sp³-hybridized carbons (Fsp3) is 0.368. The summed E-state index contributed by atoms with van der Waals surface area (Å²) < 4.78 is 11.3. The van der Waals surface area contributed by atoms with Gasteiger partial charge in [0.05, 0.1) is 13.7 Å². The minimum Gasteiger partial charge on any atom is -0.493 e. The van der Waals surface area contributed by atoms with Crippen molar-refractivity contribution < 1.29 is 14.3 Å². The molecular weight excluding hydrogens is 304 g/mol. The first-order valence-electron chi connectivity index (χ1n) is 8.23. The fourth-order valence-electron chi connectivity index (χ4n) is 3.04. The molecule has 1 atom stereocenters. The second-order valence-corrected chi connectivity index (χ2v) is 5.93. The number of para-hydroxylation sites is 1. The minimum atomic E-state index is -0.0591. The Labute approximate surface area is 142 Å². The summed E-state index contributed by atoms with van der Waals surface area (Å²) in [6.07, 6.45) is 3.39. The maximum Gasteiger partial charge on any atom is 0.251 e. The average Bonchev–Trinajstić information content (AvgIpc) is 2.61. The zero-order valence-electron chi connectivity index (χ0n) is 14.0. The molecule has 2 aromatic rings. The van der Waals surface area contributed by atoms with E-state index in [0.717, 1.165) is 35.6 Å². The molecule has 1 amide bonds. The van der Waals surface area contributed by atoms with Gasteiger partial charge in [-0.15, -0.1) is 0 Å². The molecule has 2 heterocycles. The SMILES string of the molecule is CCNC(=O)c1ccnc(CC2COc3c(cccc3OC)C2)c1. The van der Waals surface area contributed by atoms with E-state index in [2.05, 4.69) is 16.4 Å². The van der Waals surface area contributed by atoms with Gasteiger partial charge < -0.3 is 14.8 Å². The number of nitrogens with zero attached hydrogens (tertiary/aromatic N) is 1. The Morgan fingerprint density at radius 1 is 1.42 bits per heavy atom. The molecule has 0 saturated carbocycles. The Balaban J connectivity index is 1.71. The maximum absolute atomic E-state index is 11.9. The Morgan fingerprint density at radius 2 is 2.29 bits per heavy atom. The van der Waals surface area contributed by atoms with Gasteiger partial charge in [0.15, 0.2) is 11.5 Å². The van der Waals surface area contributed by atoms with Crippen molar-refractivity contribution in [2.45, 2.75) is 19.8 Å². The van der Waals surface area contributed by atoms with Gasteiger partial charge in [0.1, 0.15) is 0 Å². The summed E-state index contributed by atoms with van der Waals surface area (Å²) in [5.41, 5.74) is 2.73. The van der Waals surface area contributed by atoms with Gasteiger partial charge in [-0.3, -0.25) is 9.78 Å². The molecule has 1 aliphatic rings. The molecule has 24 heavy (non-hydrogen) atoms. The molecule has 0 saturated heterocycles. The monoisotopic (exact) mass is 326 g/mol. The number of ether oxygens (including phenoxy) is 2. The molecule has 5 heteroatoms. The highest BCUT2D eigenvalue weighted by molar-refractivity contribution is 5.94. The molecule has 0 radical (unpaired) electrons. The van der Waals surface area contributed by atoms with Crippen molar-refractivity contribution in [2.24, 2.45) is 5.92 Å². The fourth-order valence-corrected chi connectivity index (χ4v) is 3.04. The number of hydrogen-bond donors (Lipinski definition) is 1. The number of rotatable bonds is 5. The second-order valence-electron chi connectivity index (χ2n) is 5.93. The van der Waals surface area contributed by atoms with Crippen LogP contribution in [-0.2, 0) is 12.8 Å². The summed E-state index contributed by atoms with van der Waals surface area (Å²) in [7, 11) is 1.65. The number of pyridine rings is 1. The number of aromatic nitrogens is 1. The first-order chi connectivity index (χ1) is 11.7. The summed E-state index contributed by atoms with van der Waals surface area (Å²) in [5.74, 6) is 1.90. The number of nitrogens with one attached hydrogen (secondary N) is 1. The first-order valence-corrected chi connectivity index (χ1v) is 8.23. The van der Waals surface area contributed by atoms with Crippen molar-refractivity contribution in [2.75, 3.05) is 20.3 Å². The number of carbonyl (C=O) groups excluding carboxylic acids is 1. The van der Waals surface area contributed by atoms with Gasteiger partial charge in [-0.2, -0.15) is 0 Å². The average molecular weight is 326 g/mol. The van der Waals surface area contributed by atoms with Crippen molar-refractivity contribution in [3.8, 4) is 11.5 Å². The van der Waals surface area contributed by atoms with E-state index in [4.69, 9.17) is 9.47 Å². The van der Waals surface area contributed by atoms with Gasteiger partial charge in [0.2, 0.25) is 0 Å².